The molecule has 0 spiro atoms. The molecular weight excluding hydrogens is 608 g/mol. The van der Waals surface area contributed by atoms with Gasteiger partial charge in [0.2, 0.25) is 0 Å². The molecule has 218 valence electrons. The maximum Gasteiger partial charge on any atom is 0.335 e. The molecule has 42 heavy (non-hydrogen) atoms. The van der Waals surface area contributed by atoms with Crippen LogP contribution in [0.1, 0.15) is 47.3 Å². The zero-order valence-corrected chi connectivity index (χ0v) is 24.6. The minimum atomic E-state index is -1.03. The first-order valence-electron chi connectivity index (χ1n) is 13.2. The number of hydrogen-bond donors (Lipinski definition) is 2. The number of carbonyl (C=O) groups is 4. The Labute approximate surface area is 251 Å². The number of ether oxygens (including phenoxy) is 3. The van der Waals surface area contributed by atoms with Crippen LogP contribution in [0.25, 0.3) is 6.08 Å². The second-order valence-electron chi connectivity index (χ2n) is 9.24. The van der Waals surface area contributed by atoms with Crippen LogP contribution in [-0.4, -0.2) is 47.0 Å². The molecule has 4 amide bonds. The predicted octanol–water partition coefficient (Wildman–Crippen LogP) is 5.58. The smallest absolute Gasteiger partial charge is 0.335 e. The second-order valence-corrected chi connectivity index (χ2v) is 10.2. The Balaban J connectivity index is 1.57. The van der Waals surface area contributed by atoms with Crippen LogP contribution in [0.4, 0.5) is 4.79 Å². The third-order valence-electron chi connectivity index (χ3n) is 6.16. The van der Waals surface area contributed by atoms with Crippen molar-refractivity contribution in [1.82, 2.24) is 10.2 Å². The number of aromatic carboxylic acids is 1. The van der Waals surface area contributed by atoms with Gasteiger partial charge in [0, 0.05) is 10.0 Å². The van der Waals surface area contributed by atoms with Crippen molar-refractivity contribution in [2.75, 3.05) is 13.2 Å². The van der Waals surface area contributed by atoms with Crippen molar-refractivity contribution < 1.29 is 38.5 Å². The van der Waals surface area contributed by atoms with Gasteiger partial charge in [-0.2, -0.15) is 0 Å². The Morgan fingerprint density at radius 3 is 2.31 bits per heavy atom. The summed E-state index contributed by atoms with van der Waals surface area (Å²) in [6.07, 6.45) is 2.20. The number of carbonyl (C=O) groups excluding carboxylic acids is 3. The predicted molar refractivity (Wildman–Crippen MR) is 157 cm³/mol. The van der Waals surface area contributed by atoms with Gasteiger partial charge in [-0.15, -0.1) is 0 Å². The fourth-order valence-corrected chi connectivity index (χ4v) is 4.47. The number of nitrogens with one attached hydrogen (secondary N) is 1. The number of carboxylic acid groups (broad SMARTS) is 1. The number of urea groups is 1. The highest BCUT2D eigenvalue weighted by Crippen LogP contribution is 2.31. The second kappa shape index (κ2) is 13.8. The number of halogens is 1. The first-order chi connectivity index (χ1) is 20.2. The molecule has 4 rings (SSSR count). The highest BCUT2D eigenvalue weighted by Gasteiger charge is 2.36. The summed E-state index contributed by atoms with van der Waals surface area (Å²) in [5, 5.41) is 11.3. The van der Waals surface area contributed by atoms with Crippen LogP contribution in [0, 0.1) is 0 Å². The number of benzene rings is 3. The summed E-state index contributed by atoms with van der Waals surface area (Å²) in [5.41, 5.74) is 1.68. The normalized spacial score (nSPS) is 14.1. The van der Waals surface area contributed by atoms with E-state index in [1.54, 1.807) is 48.5 Å². The zero-order chi connectivity index (χ0) is 30.2. The third kappa shape index (κ3) is 7.35. The molecule has 11 heteroatoms. The molecule has 0 radical (unpaired) electrons. The number of imide groups is 2. The molecule has 2 N–H and O–H groups in total. The van der Waals surface area contributed by atoms with Crippen LogP contribution in [0.2, 0.25) is 0 Å². The minimum Gasteiger partial charge on any atom is -0.490 e. The van der Waals surface area contributed by atoms with E-state index in [0.29, 0.717) is 46.1 Å². The van der Waals surface area contributed by atoms with Crippen LogP contribution in [0.15, 0.2) is 70.7 Å². The van der Waals surface area contributed by atoms with Crippen molar-refractivity contribution in [3.05, 3.63) is 93.0 Å². The van der Waals surface area contributed by atoms with Gasteiger partial charge in [-0.25, -0.2) is 9.59 Å². The third-order valence-corrected chi connectivity index (χ3v) is 6.66. The Hall–Kier alpha value is -4.64. The monoisotopic (exact) mass is 636 g/mol. The van der Waals surface area contributed by atoms with E-state index in [9.17, 15) is 19.2 Å². The van der Waals surface area contributed by atoms with Gasteiger partial charge >= 0.3 is 12.0 Å². The van der Waals surface area contributed by atoms with Gasteiger partial charge in [-0.05, 0) is 73.0 Å². The molecule has 0 bridgehead atoms. The van der Waals surface area contributed by atoms with Gasteiger partial charge < -0.3 is 19.3 Å². The van der Waals surface area contributed by atoms with E-state index in [2.05, 4.69) is 21.2 Å². The van der Waals surface area contributed by atoms with E-state index in [0.717, 1.165) is 16.9 Å². The summed E-state index contributed by atoms with van der Waals surface area (Å²) in [6.45, 7) is 4.77. The maximum atomic E-state index is 13.5. The topological polar surface area (TPSA) is 131 Å². The van der Waals surface area contributed by atoms with Gasteiger partial charge in [0.25, 0.3) is 11.8 Å². The Kier molecular flexibility index (Phi) is 9.98. The van der Waals surface area contributed by atoms with Crippen LogP contribution >= 0.6 is 15.9 Å². The van der Waals surface area contributed by atoms with Gasteiger partial charge in [-0.1, -0.05) is 41.1 Å². The molecule has 1 saturated heterocycles. The first kappa shape index (κ1) is 30.3. The van der Waals surface area contributed by atoms with E-state index < -0.39 is 23.8 Å². The summed E-state index contributed by atoms with van der Waals surface area (Å²) in [5.74, 6) is -1.18. The average Bonchev–Trinajstić information content (AvgIpc) is 2.97. The molecule has 10 nitrogen and oxygen atoms in total. The van der Waals surface area contributed by atoms with E-state index >= 15 is 0 Å². The molecule has 3 aromatic carbocycles. The number of barbiturate groups is 1. The summed E-state index contributed by atoms with van der Waals surface area (Å²) >= 11 is 3.40. The van der Waals surface area contributed by atoms with Crippen LogP contribution < -0.4 is 19.5 Å². The summed E-state index contributed by atoms with van der Waals surface area (Å²) in [6, 6.07) is 15.7. The number of rotatable bonds is 12. The lowest BCUT2D eigenvalue weighted by Crippen LogP contribution is -2.53. The fraction of sp³-hybridized carbons (Fsp3) is 0.226. The number of hydrogen-bond acceptors (Lipinski definition) is 7. The van der Waals surface area contributed by atoms with Crippen molar-refractivity contribution in [2.45, 2.75) is 33.4 Å². The highest BCUT2D eigenvalue weighted by molar-refractivity contribution is 9.10. The molecule has 0 unspecified atom stereocenters. The minimum absolute atomic E-state index is 0.0996. The maximum absolute atomic E-state index is 13.5. The summed E-state index contributed by atoms with van der Waals surface area (Å²) in [4.78, 5) is 51.0. The molecule has 0 saturated carbocycles. The molecule has 0 aliphatic carbocycles. The lowest BCUT2D eigenvalue weighted by atomic mass is 10.1. The van der Waals surface area contributed by atoms with Crippen LogP contribution in [-0.2, 0) is 22.7 Å². The molecule has 1 aliphatic rings. The van der Waals surface area contributed by atoms with Crippen molar-refractivity contribution in [2.24, 2.45) is 0 Å². The van der Waals surface area contributed by atoms with E-state index in [-0.39, 0.29) is 24.3 Å². The Bertz CT molecular complexity index is 1530. The molecule has 0 aromatic heterocycles. The Morgan fingerprint density at radius 1 is 0.905 bits per heavy atom. The van der Waals surface area contributed by atoms with E-state index in [1.165, 1.54) is 18.2 Å². The Morgan fingerprint density at radius 2 is 1.62 bits per heavy atom. The van der Waals surface area contributed by atoms with Gasteiger partial charge in [0.05, 0.1) is 25.3 Å². The quantitative estimate of drug-likeness (QED) is 0.195. The number of amides is 4. The molecule has 1 heterocycles. The zero-order valence-electron chi connectivity index (χ0n) is 23.0. The van der Waals surface area contributed by atoms with Gasteiger partial charge in [0.15, 0.2) is 11.5 Å². The SMILES string of the molecule is CCCOc1ccc(CN2C(=O)NC(=O)/C(=C\c3cc(Br)ccc3OCc3ccc(C(=O)O)cc3)C2=O)cc1OCC. The molecule has 1 aliphatic heterocycles. The van der Waals surface area contributed by atoms with Crippen molar-refractivity contribution in [3.63, 3.8) is 0 Å². The largest absolute Gasteiger partial charge is 0.490 e. The summed E-state index contributed by atoms with van der Waals surface area (Å²) < 4.78 is 18.0. The number of nitrogens with zero attached hydrogens (tertiary/aromatic N) is 1. The highest BCUT2D eigenvalue weighted by atomic mass is 79.9. The van der Waals surface area contributed by atoms with Gasteiger partial charge in [-0.3, -0.25) is 19.8 Å². The number of carboxylic acids is 1. The lowest BCUT2D eigenvalue weighted by Gasteiger charge is -2.27. The van der Waals surface area contributed by atoms with Crippen molar-refractivity contribution in [1.29, 1.82) is 0 Å². The lowest BCUT2D eigenvalue weighted by molar-refractivity contribution is -0.130. The average molecular weight is 637 g/mol. The van der Waals surface area contributed by atoms with Gasteiger partial charge in [0.1, 0.15) is 17.9 Å². The molecular formula is C31H29BrN2O8. The standard InChI is InChI=1S/C31H29BrN2O8/c1-3-13-41-26-11-7-20(14-27(26)40-4-2)17-34-29(36)24(28(35)33-31(34)39)16-22-15-23(32)10-12-25(22)42-18-19-5-8-21(9-6-19)30(37)38/h5-12,14-16H,3-4,13,17-18H2,1-2H3,(H,37,38)(H,33,35,39)/b24-16+. The van der Waals surface area contributed by atoms with Crippen molar-refractivity contribution in [3.8, 4) is 17.2 Å². The molecule has 3 aromatic rings. The summed E-state index contributed by atoms with van der Waals surface area (Å²) in [7, 11) is 0. The van der Waals surface area contributed by atoms with E-state index in [4.69, 9.17) is 19.3 Å². The molecule has 0 atom stereocenters. The molecule has 1 fully saturated rings. The van der Waals surface area contributed by atoms with Crippen LogP contribution in [0.5, 0.6) is 17.2 Å². The first-order valence-corrected chi connectivity index (χ1v) is 14.0. The fourth-order valence-electron chi connectivity index (χ4n) is 4.09. The van der Waals surface area contributed by atoms with E-state index in [1.807, 2.05) is 13.8 Å². The van der Waals surface area contributed by atoms with Crippen molar-refractivity contribution >= 4 is 45.8 Å². The van der Waals surface area contributed by atoms with Crippen LogP contribution in [0.3, 0.4) is 0 Å².